The molecule has 0 aliphatic heterocycles. The summed E-state index contributed by atoms with van der Waals surface area (Å²) in [5.74, 6) is 0. The Morgan fingerprint density at radius 3 is 2.13 bits per heavy atom. The van der Waals surface area contributed by atoms with Gasteiger partial charge in [0.15, 0.2) is 17.8 Å². The zero-order valence-corrected chi connectivity index (χ0v) is 19.5. The Bertz CT molecular complexity index is 988. The van der Waals surface area contributed by atoms with Crippen molar-refractivity contribution >= 4 is 10.9 Å². The van der Waals surface area contributed by atoms with Crippen LogP contribution in [0.4, 0.5) is 0 Å². The fourth-order valence-corrected chi connectivity index (χ4v) is 4.36. The highest BCUT2D eigenvalue weighted by Crippen LogP contribution is 2.23. The second kappa shape index (κ2) is 12.4. The highest BCUT2D eigenvalue weighted by Gasteiger charge is 2.12. The molecule has 0 unspecified atom stereocenters. The Labute approximate surface area is 187 Å². The first-order valence-electron chi connectivity index (χ1n) is 12.4. The van der Waals surface area contributed by atoms with Gasteiger partial charge in [0.1, 0.15) is 6.54 Å². The van der Waals surface area contributed by atoms with E-state index >= 15 is 0 Å². The first-order chi connectivity index (χ1) is 15.2. The van der Waals surface area contributed by atoms with Gasteiger partial charge in [0.05, 0.1) is 11.2 Å². The third-order valence-electron chi connectivity index (χ3n) is 6.21. The largest absolute Gasteiger partial charge is 0.340 e. The van der Waals surface area contributed by atoms with Crippen LogP contribution in [0.1, 0.15) is 78.1 Å². The summed E-state index contributed by atoms with van der Waals surface area (Å²) in [6, 6.07) is 14.2. The third-order valence-corrected chi connectivity index (χ3v) is 6.21. The Kier molecular flexibility index (Phi) is 9.33. The van der Waals surface area contributed by atoms with Crippen LogP contribution in [0.25, 0.3) is 22.2 Å². The second-order valence-corrected chi connectivity index (χ2v) is 8.72. The number of rotatable bonds is 13. The number of fused-ring (bicyclic) bond motifs is 1. The van der Waals surface area contributed by atoms with Crippen LogP contribution >= 0.6 is 0 Å². The van der Waals surface area contributed by atoms with Gasteiger partial charge in [-0.1, -0.05) is 70.9 Å². The lowest BCUT2D eigenvalue weighted by molar-refractivity contribution is -0.697. The van der Waals surface area contributed by atoms with Crippen molar-refractivity contribution in [1.82, 2.24) is 4.57 Å². The lowest BCUT2D eigenvalue weighted by Crippen LogP contribution is -2.32. The average molecular weight is 420 g/mol. The fourth-order valence-electron chi connectivity index (χ4n) is 4.36. The van der Waals surface area contributed by atoms with Crippen molar-refractivity contribution in [3.05, 3.63) is 65.1 Å². The summed E-state index contributed by atoms with van der Waals surface area (Å²) in [6.45, 7) is 6.52. The summed E-state index contributed by atoms with van der Waals surface area (Å²) < 4.78 is 4.62. The van der Waals surface area contributed by atoms with Crippen molar-refractivity contribution in [1.29, 1.82) is 0 Å². The molecule has 0 fully saturated rings. The molecular weight excluding hydrogens is 380 g/mol. The molecule has 3 aromatic rings. The van der Waals surface area contributed by atoms with Gasteiger partial charge in [0.2, 0.25) is 0 Å². The van der Waals surface area contributed by atoms with E-state index in [1.807, 2.05) is 24.3 Å². The van der Waals surface area contributed by atoms with Crippen molar-refractivity contribution in [2.24, 2.45) is 0 Å². The first-order valence-corrected chi connectivity index (χ1v) is 12.4. The van der Waals surface area contributed by atoms with E-state index in [4.69, 9.17) is 0 Å². The van der Waals surface area contributed by atoms with Crippen LogP contribution in [0.2, 0.25) is 0 Å². The van der Waals surface area contributed by atoms with Crippen LogP contribution in [0.3, 0.4) is 0 Å². The Hall–Kier alpha value is -2.42. The fraction of sp³-hybridized carbons (Fsp3) is 0.500. The monoisotopic (exact) mass is 419 g/mol. The quantitative estimate of drug-likeness (QED) is 0.219. The molecule has 3 rings (SSSR count). The molecule has 1 aromatic carbocycles. The molecule has 0 atom stereocenters. The lowest BCUT2D eigenvalue weighted by Gasteiger charge is -2.17. The van der Waals surface area contributed by atoms with Gasteiger partial charge in [-0.15, -0.1) is 0 Å². The van der Waals surface area contributed by atoms with Crippen LogP contribution in [0.15, 0.2) is 59.7 Å². The normalized spacial score (nSPS) is 11.3. The molecule has 0 N–H and O–H groups in total. The van der Waals surface area contributed by atoms with E-state index in [9.17, 15) is 4.79 Å². The maximum atomic E-state index is 12.8. The molecule has 2 aromatic heterocycles. The number of hydrogen-bond donors (Lipinski definition) is 0. The molecule has 0 saturated carbocycles. The molecule has 0 amide bonds. The van der Waals surface area contributed by atoms with Crippen molar-refractivity contribution in [3.63, 3.8) is 0 Å². The Morgan fingerprint density at radius 1 is 0.774 bits per heavy atom. The molecule has 2 heterocycles. The van der Waals surface area contributed by atoms with E-state index in [-0.39, 0.29) is 5.43 Å². The molecule has 0 aliphatic rings. The molecule has 0 saturated heterocycles. The van der Waals surface area contributed by atoms with E-state index in [0.717, 1.165) is 41.7 Å². The molecule has 0 spiro atoms. The maximum Gasteiger partial charge on any atom is 0.190 e. The minimum Gasteiger partial charge on any atom is -0.340 e. The third kappa shape index (κ3) is 6.53. The van der Waals surface area contributed by atoms with Gasteiger partial charge in [-0.25, -0.2) is 4.57 Å². The van der Waals surface area contributed by atoms with Gasteiger partial charge < -0.3 is 4.57 Å². The molecule has 0 aliphatic carbocycles. The van der Waals surface area contributed by atoms with Gasteiger partial charge in [0.25, 0.3) is 0 Å². The molecular formula is C28H39N2O+. The molecule has 0 bridgehead atoms. The SMILES string of the molecule is CCCCCCCn1c(-c2cc[n+](CCCCCCC)cc2)cc(=O)c2ccccc21. The van der Waals surface area contributed by atoms with Gasteiger partial charge in [-0.05, 0) is 25.0 Å². The van der Waals surface area contributed by atoms with Crippen LogP contribution in [0.5, 0.6) is 0 Å². The molecule has 31 heavy (non-hydrogen) atoms. The van der Waals surface area contributed by atoms with Crippen molar-refractivity contribution in [2.45, 2.75) is 91.1 Å². The zero-order chi connectivity index (χ0) is 21.9. The minimum absolute atomic E-state index is 0.112. The average Bonchev–Trinajstić information content (AvgIpc) is 2.80. The van der Waals surface area contributed by atoms with Gasteiger partial charge in [-0.2, -0.15) is 0 Å². The number of aromatic nitrogens is 2. The Balaban J connectivity index is 1.81. The van der Waals surface area contributed by atoms with E-state index in [1.54, 1.807) is 0 Å². The van der Waals surface area contributed by atoms with Crippen LogP contribution in [-0.4, -0.2) is 4.57 Å². The number of nitrogens with zero attached hydrogens (tertiary/aromatic N) is 2. The van der Waals surface area contributed by atoms with Crippen LogP contribution in [-0.2, 0) is 13.1 Å². The minimum atomic E-state index is 0.112. The topological polar surface area (TPSA) is 25.9 Å². The summed E-state index contributed by atoms with van der Waals surface area (Å²) >= 11 is 0. The second-order valence-electron chi connectivity index (χ2n) is 8.72. The first kappa shape index (κ1) is 23.2. The van der Waals surface area contributed by atoms with Crippen molar-refractivity contribution in [3.8, 4) is 11.3 Å². The predicted octanol–water partition coefficient (Wildman–Crippen LogP) is 6.90. The number of para-hydroxylation sites is 1. The summed E-state index contributed by atoms with van der Waals surface area (Å²) in [5, 5.41) is 0.817. The number of benzene rings is 1. The number of unbranched alkanes of at least 4 members (excludes halogenated alkanes) is 8. The molecule has 0 radical (unpaired) electrons. The highest BCUT2D eigenvalue weighted by molar-refractivity contribution is 5.82. The number of pyridine rings is 2. The van der Waals surface area contributed by atoms with Crippen LogP contribution < -0.4 is 10.00 Å². The Morgan fingerprint density at radius 2 is 1.42 bits per heavy atom. The van der Waals surface area contributed by atoms with E-state index in [1.165, 1.54) is 57.8 Å². The maximum absolute atomic E-state index is 12.8. The number of aryl methyl sites for hydroxylation is 2. The standard InChI is InChI=1S/C28H39N2O/c1-3-5-7-9-13-19-29-21-17-24(18-22-29)27-23-28(31)25-15-11-12-16-26(25)30(27)20-14-10-8-6-4-2/h11-12,15-18,21-23H,3-10,13-14,19-20H2,1-2H3/q+1. The number of hydrogen-bond acceptors (Lipinski definition) is 1. The van der Waals surface area contributed by atoms with Gasteiger partial charge >= 0.3 is 0 Å². The van der Waals surface area contributed by atoms with E-state index in [0.29, 0.717) is 0 Å². The van der Waals surface area contributed by atoms with E-state index in [2.05, 4.69) is 53.6 Å². The van der Waals surface area contributed by atoms with E-state index < -0.39 is 0 Å². The van der Waals surface area contributed by atoms with Crippen LogP contribution in [0, 0.1) is 0 Å². The smallest absolute Gasteiger partial charge is 0.190 e. The zero-order valence-electron chi connectivity index (χ0n) is 19.5. The molecule has 166 valence electrons. The summed E-state index contributed by atoms with van der Waals surface area (Å²) in [5.41, 5.74) is 3.32. The van der Waals surface area contributed by atoms with Gasteiger partial charge in [0, 0.05) is 42.1 Å². The molecule has 3 nitrogen and oxygen atoms in total. The highest BCUT2D eigenvalue weighted by atomic mass is 16.1. The summed E-state index contributed by atoms with van der Waals surface area (Å²) in [4.78, 5) is 12.8. The van der Waals surface area contributed by atoms with Crippen molar-refractivity contribution < 1.29 is 4.57 Å². The van der Waals surface area contributed by atoms with Crippen molar-refractivity contribution in [2.75, 3.05) is 0 Å². The summed E-state index contributed by atoms with van der Waals surface area (Å²) in [6.07, 6.45) is 17.0. The van der Waals surface area contributed by atoms with Gasteiger partial charge in [-0.3, -0.25) is 4.79 Å². The lowest BCUT2D eigenvalue weighted by atomic mass is 10.1. The predicted molar refractivity (Wildman–Crippen MR) is 131 cm³/mol. The summed E-state index contributed by atoms with van der Waals surface area (Å²) in [7, 11) is 0. The molecule has 3 heteroatoms.